The van der Waals surface area contributed by atoms with E-state index in [1.807, 2.05) is 0 Å². The van der Waals surface area contributed by atoms with Gasteiger partial charge in [-0.15, -0.1) is 0 Å². The Balaban J connectivity index is 2.43. The van der Waals surface area contributed by atoms with Crippen LogP contribution in [0.5, 0.6) is 0 Å². The van der Waals surface area contributed by atoms with Crippen LogP contribution in [0.4, 0.5) is 0 Å². The van der Waals surface area contributed by atoms with Crippen molar-refractivity contribution < 1.29 is 5.11 Å². The van der Waals surface area contributed by atoms with Gasteiger partial charge in [0.25, 0.3) is 0 Å². The maximum atomic E-state index is 8.83. The monoisotopic (exact) mass is 126 g/mol. The molecule has 1 N–H and O–H groups in total. The topological polar surface area (TPSA) is 20.2 Å². The third-order valence-electron chi connectivity index (χ3n) is 2.15. The van der Waals surface area contributed by atoms with Crippen molar-refractivity contribution in [2.24, 2.45) is 11.8 Å². The van der Waals surface area contributed by atoms with Gasteiger partial charge in [-0.1, -0.05) is 19.1 Å². The summed E-state index contributed by atoms with van der Waals surface area (Å²) >= 11 is 0. The first kappa shape index (κ1) is 6.81. The number of allylic oxidation sites excluding steroid dienone is 2. The second-order valence-electron chi connectivity index (χ2n) is 2.86. The molecule has 1 nitrogen and oxygen atoms in total. The van der Waals surface area contributed by atoms with Crippen LogP contribution in [0, 0.1) is 11.8 Å². The van der Waals surface area contributed by atoms with Crippen LogP contribution in [0.3, 0.4) is 0 Å². The zero-order chi connectivity index (χ0) is 6.69. The quantitative estimate of drug-likeness (QED) is 0.529. The largest absolute Gasteiger partial charge is 0.396 e. The summed E-state index contributed by atoms with van der Waals surface area (Å²) < 4.78 is 0. The van der Waals surface area contributed by atoms with Crippen molar-refractivity contribution in [3.05, 3.63) is 12.2 Å². The van der Waals surface area contributed by atoms with Crippen LogP contribution in [-0.4, -0.2) is 11.7 Å². The van der Waals surface area contributed by atoms with Gasteiger partial charge >= 0.3 is 0 Å². The lowest BCUT2D eigenvalue weighted by atomic mass is 9.85. The summed E-state index contributed by atoms with van der Waals surface area (Å²) in [6.45, 7) is 2.55. The molecule has 1 heteroatoms. The van der Waals surface area contributed by atoms with Gasteiger partial charge in [0.15, 0.2) is 0 Å². The van der Waals surface area contributed by atoms with Crippen molar-refractivity contribution in [1.82, 2.24) is 0 Å². The third-order valence-corrected chi connectivity index (χ3v) is 2.15. The molecule has 0 aromatic carbocycles. The van der Waals surface area contributed by atoms with Crippen LogP contribution in [-0.2, 0) is 0 Å². The summed E-state index contributed by atoms with van der Waals surface area (Å²) in [6.07, 6.45) is 6.58. The molecule has 0 saturated heterocycles. The molecule has 1 aliphatic rings. The SMILES string of the molecule is C[C@@H]1CC=CC[C@@H]1CO. The zero-order valence-electron chi connectivity index (χ0n) is 5.88. The van der Waals surface area contributed by atoms with E-state index in [0.29, 0.717) is 18.4 Å². The van der Waals surface area contributed by atoms with E-state index in [1.54, 1.807) is 0 Å². The highest BCUT2D eigenvalue weighted by Crippen LogP contribution is 2.23. The van der Waals surface area contributed by atoms with Gasteiger partial charge < -0.3 is 5.11 Å². The van der Waals surface area contributed by atoms with Crippen LogP contribution in [0.2, 0.25) is 0 Å². The van der Waals surface area contributed by atoms with Crippen molar-refractivity contribution >= 4 is 0 Å². The average Bonchev–Trinajstić information content (AvgIpc) is 1.89. The Morgan fingerprint density at radius 3 is 2.56 bits per heavy atom. The lowest BCUT2D eigenvalue weighted by molar-refractivity contribution is 0.180. The van der Waals surface area contributed by atoms with Crippen molar-refractivity contribution in [2.75, 3.05) is 6.61 Å². The van der Waals surface area contributed by atoms with Gasteiger partial charge in [0.05, 0.1) is 0 Å². The molecule has 0 unspecified atom stereocenters. The molecule has 0 aliphatic heterocycles. The molecule has 0 radical (unpaired) electrons. The normalized spacial score (nSPS) is 34.9. The van der Waals surface area contributed by atoms with E-state index < -0.39 is 0 Å². The molecule has 0 bridgehead atoms. The standard InChI is InChI=1S/C8H14O/c1-7-4-2-3-5-8(7)6-9/h2-3,7-9H,4-6H2,1H3/t7-,8-/m1/s1. The lowest BCUT2D eigenvalue weighted by Gasteiger charge is -2.22. The Morgan fingerprint density at radius 1 is 1.44 bits per heavy atom. The van der Waals surface area contributed by atoms with Crippen LogP contribution in [0.15, 0.2) is 12.2 Å². The number of hydrogen-bond donors (Lipinski definition) is 1. The van der Waals surface area contributed by atoms with E-state index in [-0.39, 0.29) is 0 Å². The van der Waals surface area contributed by atoms with Gasteiger partial charge in [0, 0.05) is 6.61 Å². The van der Waals surface area contributed by atoms with Gasteiger partial charge in [-0.05, 0) is 24.7 Å². The van der Waals surface area contributed by atoms with E-state index in [1.165, 1.54) is 0 Å². The molecule has 1 aliphatic carbocycles. The van der Waals surface area contributed by atoms with Gasteiger partial charge in [0.2, 0.25) is 0 Å². The minimum absolute atomic E-state index is 0.353. The Morgan fingerprint density at radius 2 is 2.11 bits per heavy atom. The maximum absolute atomic E-state index is 8.83. The molecule has 0 fully saturated rings. The molecule has 0 aromatic heterocycles. The fourth-order valence-electron chi connectivity index (χ4n) is 1.26. The molecule has 2 atom stereocenters. The highest BCUT2D eigenvalue weighted by Gasteiger charge is 2.16. The smallest absolute Gasteiger partial charge is 0.0464 e. The van der Waals surface area contributed by atoms with E-state index >= 15 is 0 Å². The lowest BCUT2D eigenvalue weighted by Crippen LogP contribution is -2.16. The number of aliphatic hydroxyl groups is 1. The van der Waals surface area contributed by atoms with Crippen LogP contribution in [0.1, 0.15) is 19.8 Å². The highest BCUT2D eigenvalue weighted by molar-refractivity contribution is 4.92. The molecule has 1 rings (SSSR count). The Labute approximate surface area is 56.4 Å². The zero-order valence-corrected chi connectivity index (χ0v) is 5.88. The first-order valence-electron chi connectivity index (χ1n) is 3.60. The summed E-state index contributed by atoms with van der Waals surface area (Å²) in [6, 6.07) is 0. The summed E-state index contributed by atoms with van der Waals surface area (Å²) in [7, 11) is 0. The van der Waals surface area contributed by atoms with E-state index in [2.05, 4.69) is 19.1 Å². The molecule has 0 heterocycles. The van der Waals surface area contributed by atoms with Gasteiger partial charge in [-0.3, -0.25) is 0 Å². The highest BCUT2D eigenvalue weighted by atomic mass is 16.3. The summed E-state index contributed by atoms with van der Waals surface area (Å²) in [4.78, 5) is 0. The van der Waals surface area contributed by atoms with E-state index in [0.717, 1.165) is 12.8 Å². The molecule has 0 spiro atoms. The van der Waals surface area contributed by atoms with Gasteiger partial charge in [0.1, 0.15) is 0 Å². The number of aliphatic hydroxyl groups excluding tert-OH is 1. The first-order chi connectivity index (χ1) is 4.34. The molecular weight excluding hydrogens is 112 g/mol. The number of hydrogen-bond acceptors (Lipinski definition) is 1. The molecule has 0 aromatic rings. The molecule has 0 saturated carbocycles. The van der Waals surface area contributed by atoms with Crippen LogP contribution < -0.4 is 0 Å². The predicted molar refractivity (Wildman–Crippen MR) is 38.1 cm³/mol. The second-order valence-corrected chi connectivity index (χ2v) is 2.86. The summed E-state index contributed by atoms with van der Waals surface area (Å²) in [5, 5.41) is 8.83. The van der Waals surface area contributed by atoms with E-state index in [9.17, 15) is 0 Å². The van der Waals surface area contributed by atoms with Crippen LogP contribution in [0.25, 0.3) is 0 Å². The van der Waals surface area contributed by atoms with Crippen molar-refractivity contribution in [2.45, 2.75) is 19.8 Å². The van der Waals surface area contributed by atoms with Crippen molar-refractivity contribution in [3.8, 4) is 0 Å². The maximum Gasteiger partial charge on any atom is 0.0464 e. The Hall–Kier alpha value is -0.300. The fraction of sp³-hybridized carbons (Fsp3) is 0.750. The number of rotatable bonds is 1. The second kappa shape index (κ2) is 3.02. The average molecular weight is 126 g/mol. The third kappa shape index (κ3) is 1.55. The fourth-order valence-corrected chi connectivity index (χ4v) is 1.26. The van der Waals surface area contributed by atoms with Crippen molar-refractivity contribution in [3.63, 3.8) is 0 Å². The Bertz CT molecular complexity index is 107. The minimum atomic E-state index is 0.353. The van der Waals surface area contributed by atoms with Crippen molar-refractivity contribution in [1.29, 1.82) is 0 Å². The van der Waals surface area contributed by atoms with Crippen LogP contribution >= 0.6 is 0 Å². The molecule has 52 valence electrons. The molecular formula is C8H14O. The van der Waals surface area contributed by atoms with Gasteiger partial charge in [-0.25, -0.2) is 0 Å². The summed E-state index contributed by atoms with van der Waals surface area (Å²) in [5.74, 6) is 1.20. The first-order valence-corrected chi connectivity index (χ1v) is 3.60. The van der Waals surface area contributed by atoms with Gasteiger partial charge in [-0.2, -0.15) is 0 Å². The summed E-state index contributed by atoms with van der Waals surface area (Å²) in [5.41, 5.74) is 0. The Kier molecular flexibility index (Phi) is 2.29. The molecule has 0 amide bonds. The van der Waals surface area contributed by atoms with E-state index in [4.69, 9.17) is 5.11 Å². The minimum Gasteiger partial charge on any atom is -0.396 e. The molecule has 9 heavy (non-hydrogen) atoms. The predicted octanol–water partition coefficient (Wildman–Crippen LogP) is 1.58.